The fourth-order valence-electron chi connectivity index (χ4n) is 6.48. The van der Waals surface area contributed by atoms with E-state index in [1.807, 2.05) is 22.1 Å². The number of aromatic nitrogens is 1. The Bertz CT molecular complexity index is 1670. The van der Waals surface area contributed by atoms with Crippen molar-refractivity contribution in [1.82, 2.24) is 14.8 Å². The summed E-state index contributed by atoms with van der Waals surface area (Å²) < 4.78 is 45.9. The van der Waals surface area contributed by atoms with E-state index in [-0.39, 0.29) is 35.7 Å². The molecular weight excluding hydrogens is 547 g/mol. The zero-order valence-electron chi connectivity index (χ0n) is 23.3. The molecule has 2 unspecified atom stereocenters. The fraction of sp³-hybridized carbons (Fsp3) is 0.400. The molecule has 2 aromatic rings. The summed E-state index contributed by atoms with van der Waals surface area (Å²) in [5.74, 6) is -1.13. The molecule has 1 saturated heterocycles. The number of rotatable bonds is 5. The average molecular weight is 581 g/mol. The molecule has 9 nitrogen and oxygen atoms in total. The van der Waals surface area contributed by atoms with Crippen molar-refractivity contribution in [3.8, 4) is 0 Å². The number of piperidine rings is 1. The van der Waals surface area contributed by atoms with Gasteiger partial charge in [-0.1, -0.05) is 0 Å². The number of pyridine rings is 1. The first-order chi connectivity index (χ1) is 19.6. The number of sulfone groups is 1. The summed E-state index contributed by atoms with van der Waals surface area (Å²) in [6, 6.07) is 7.38. The second-order valence-electron chi connectivity index (χ2n) is 11.2. The molecular formula is C30H33FN4O5S. The van der Waals surface area contributed by atoms with Gasteiger partial charge >= 0.3 is 0 Å². The van der Waals surface area contributed by atoms with Crippen LogP contribution in [-0.4, -0.2) is 74.7 Å². The zero-order valence-corrected chi connectivity index (χ0v) is 24.1. The number of likely N-dealkylation sites (tertiary alicyclic amines) is 1. The van der Waals surface area contributed by atoms with Gasteiger partial charge in [-0.05, 0) is 66.0 Å². The SMILES string of the molecule is COC1CCN(C(=O)C2CNC3=C4C(=CN(c5ccc(F)cc5)C42)C=C(CS(C)(=O)=O)c2ccn(C)c(=O)c23)CC1. The number of nitrogens with one attached hydrogen (secondary N) is 1. The highest BCUT2D eigenvalue weighted by Crippen LogP contribution is 2.46. The summed E-state index contributed by atoms with van der Waals surface area (Å²) in [6.45, 7) is 1.46. The number of ether oxygens (including phenoxy) is 1. The molecule has 4 aliphatic rings. The molecule has 1 aliphatic carbocycles. The summed E-state index contributed by atoms with van der Waals surface area (Å²) in [5.41, 5.74) is 3.97. The van der Waals surface area contributed by atoms with Gasteiger partial charge < -0.3 is 24.4 Å². The van der Waals surface area contributed by atoms with Gasteiger partial charge in [0.15, 0.2) is 9.84 Å². The second-order valence-corrected chi connectivity index (χ2v) is 13.3. The molecule has 11 heteroatoms. The Balaban J connectivity index is 1.52. The van der Waals surface area contributed by atoms with E-state index in [1.165, 1.54) is 23.0 Å². The fourth-order valence-corrected chi connectivity index (χ4v) is 7.28. The number of methoxy groups -OCH3 is 1. The van der Waals surface area contributed by atoms with Crippen molar-refractivity contribution in [1.29, 1.82) is 0 Å². The monoisotopic (exact) mass is 580 g/mol. The molecule has 1 N–H and O–H groups in total. The summed E-state index contributed by atoms with van der Waals surface area (Å²) >= 11 is 0. The lowest BCUT2D eigenvalue weighted by molar-refractivity contribution is -0.138. The Morgan fingerprint density at radius 3 is 2.51 bits per heavy atom. The first-order valence-electron chi connectivity index (χ1n) is 13.7. The molecule has 0 radical (unpaired) electrons. The predicted molar refractivity (Wildman–Crippen MR) is 155 cm³/mol. The first kappa shape index (κ1) is 27.5. The van der Waals surface area contributed by atoms with E-state index in [0.717, 1.165) is 18.4 Å². The third-order valence-electron chi connectivity index (χ3n) is 8.47. The van der Waals surface area contributed by atoms with E-state index < -0.39 is 21.8 Å². The summed E-state index contributed by atoms with van der Waals surface area (Å²) in [7, 11) is -0.0963. The Hall–Kier alpha value is -3.70. The number of benzene rings is 1. The highest BCUT2D eigenvalue weighted by atomic mass is 32.2. The highest BCUT2D eigenvalue weighted by molar-refractivity contribution is 7.91. The van der Waals surface area contributed by atoms with Gasteiger partial charge in [0.25, 0.3) is 5.56 Å². The van der Waals surface area contributed by atoms with Crippen molar-refractivity contribution in [2.75, 3.05) is 43.7 Å². The predicted octanol–water partition coefficient (Wildman–Crippen LogP) is 2.31. The Kier molecular flexibility index (Phi) is 6.89. The molecule has 3 aliphatic heterocycles. The Labute approximate surface area is 238 Å². The van der Waals surface area contributed by atoms with E-state index >= 15 is 0 Å². The zero-order chi connectivity index (χ0) is 29.1. The smallest absolute Gasteiger partial charge is 0.260 e. The number of carbonyl (C=O) groups is 1. The van der Waals surface area contributed by atoms with Crippen LogP contribution in [0.15, 0.2) is 64.7 Å². The lowest BCUT2D eigenvalue weighted by Gasteiger charge is -2.41. The number of aryl methyl sites for hydroxylation is 1. The Morgan fingerprint density at radius 1 is 1.15 bits per heavy atom. The third kappa shape index (κ3) is 4.91. The van der Waals surface area contributed by atoms with Crippen LogP contribution in [0.4, 0.5) is 10.1 Å². The number of carbonyl (C=O) groups excluding carboxylic acids is 1. The molecule has 0 bridgehead atoms. The maximum absolute atomic E-state index is 14.1. The number of hydrogen-bond donors (Lipinski definition) is 1. The molecule has 0 spiro atoms. The topological polar surface area (TPSA) is 101 Å². The van der Waals surface area contributed by atoms with Crippen LogP contribution < -0.4 is 15.8 Å². The molecule has 1 amide bonds. The van der Waals surface area contributed by atoms with Crippen LogP contribution in [0.3, 0.4) is 0 Å². The maximum atomic E-state index is 14.1. The minimum atomic E-state index is -3.44. The average Bonchev–Trinajstić information content (AvgIpc) is 3.26. The number of amides is 1. The standard InChI is InChI=1S/C30H33FN4O5S/c1-33-11-10-23-19(17-41(3,38)39)14-18-16-35(21-6-4-20(31)5-7-21)28-24(15-32-27(25(18)28)26(23)30(33)37)29(36)34-12-8-22(40-2)9-13-34/h4-7,10-11,14,16,22,24,28,32H,8-9,12-13,15,17H2,1-3H3. The minimum absolute atomic E-state index is 0.00358. The number of nitrogens with zero attached hydrogens (tertiary/aromatic N) is 3. The van der Waals surface area contributed by atoms with E-state index in [2.05, 4.69) is 5.32 Å². The molecule has 1 aromatic heterocycles. The molecule has 41 heavy (non-hydrogen) atoms. The van der Waals surface area contributed by atoms with Crippen LogP contribution in [0.1, 0.15) is 24.0 Å². The van der Waals surface area contributed by atoms with Crippen LogP contribution in [0.5, 0.6) is 0 Å². The van der Waals surface area contributed by atoms with E-state index in [9.17, 15) is 22.4 Å². The van der Waals surface area contributed by atoms with Crippen molar-refractivity contribution < 1.29 is 22.3 Å². The van der Waals surface area contributed by atoms with Gasteiger partial charge in [-0.2, -0.15) is 0 Å². The minimum Gasteiger partial charge on any atom is -0.383 e. The maximum Gasteiger partial charge on any atom is 0.260 e. The summed E-state index contributed by atoms with van der Waals surface area (Å²) in [5, 5.41) is 3.42. The van der Waals surface area contributed by atoms with Gasteiger partial charge in [0.05, 0.1) is 35.1 Å². The van der Waals surface area contributed by atoms with Crippen LogP contribution >= 0.6 is 0 Å². The van der Waals surface area contributed by atoms with Gasteiger partial charge in [-0.15, -0.1) is 0 Å². The van der Waals surface area contributed by atoms with Crippen molar-refractivity contribution in [3.05, 3.63) is 87.2 Å². The van der Waals surface area contributed by atoms with Crippen molar-refractivity contribution >= 4 is 32.7 Å². The van der Waals surface area contributed by atoms with Crippen LogP contribution in [0.25, 0.3) is 11.3 Å². The summed E-state index contributed by atoms with van der Waals surface area (Å²) in [6.07, 6.45) is 8.15. The largest absolute Gasteiger partial charge is 0.383 e. The van der Waals surface area contributed by atoms with E-state index in [1.54, 1.807) is 38.6 Å². The number of allylic oxidation sites excluding steroid dienone is 1. The quantitative estimate of drug-likeness (QED) is 0.580. The highest BCUT2D eigenvalue weighted by Gasteiger charge is 2.47. The van der Waals surface area contributed by atoms with Crippen LogP contribution in [0, 0.1) is 11.7 Å². The van der Waals surface area contributed by atoms with Crippen LogP contribution in [0.2, 0.25) is 0 Å². The van der Waals surface area contributed by atoms with Gasteiger partial charge in [-0.25, -0.2) is 12.8 Å². The van der Waals surface area contributed by atoms with Gasteiger partial charge in [0.1, 0.15) is 5.82 Å². The van der Waals surface area contributed by atoms with Gasteiger partial charge in [0.2, 0.25) is 5.91 Å². The third-order valence-corrected chi connectivity index (χ3v) is 9.31. The number of hydrogen-bond acceptors (Lipinski definition) is 7. The normalized spacial score (nSPS) is 22.4. The van der Waals surface area contributed by atoms with Gasteiger partial charge in [0, 0.05) is 63.7 Å². The lowest BCUT2D eigenvalue weighted by atomic mass is 9.83. The molecule has 6 rings (SSSR count). The first-order valence-corrected chi connectivity index (χ1v) is 15.8. The van der Waals surface area contributed by atoms with Crippen molar-refractivity contribution in [3.63, 3.8) is 0 Å². The molecule has 1 fully saturated rings. The van der Waals surface area contributed by atoms with Crippen molar-refractivity contribution in [2.24, 2.45) is 13.0 Å². The molecule has 0 saturated carbocycles. The second kappa shape index (κ2) is 10.3. The number of anilines is 1. The van der Waals surface area contributed by atoms with Crippen LogP contribution in [-0.2, 0) is 26.4 Å². The molecule has 4 heterocycles. The summed E-state index contributed by atoms with van der Waals surface area (Å²) in [4.78, 5) is 31.6. The van der Waals surface area contributed by atoms with E-state index in [0.29, 0.717) is 46.7 Å². The molecule has 1 aromatic carbocycles. The molecule has 216 valence electrons. The molecule has 2 atom stereocenters. The number of fused-ring (bicyclic) bond motifs is 2. The number of halogens is 1. The van der Waals surface area contributed by atoms with Gasteiger partial charge in [-0.3, -0.25) is 9.59 Å². The van der Waals surface area contributed by atoms with Crippen molar-refractivity contribution in [2.45, 2.75) is 25.0 Å². The van der Waals surface area contributed by atoms with E-state index in [4.69, 9.17) is 4.74 Å². The Morgan fingerprint density at radius 2 is 1.85 bits per heavy atom. The lowest BCUT2D eigenvalue weighted by Crippen LogP contribution is -2.54.